The summed E-state index contributed by atoms with van der Waals surface area (Å²) < 4.78 is 11.8. The van der Waals surface area contributed by atoms with E-state index in [2.05, 4.69) is 31.2 Å². The highest BCUT2D eigenvalue weighted by molar-refractivity contribution is 6.35. The van der Waals surface area contributed by atoms with E-state index >= 15 is 0 Å². The molecular formula is C24H21Cl2N7O2. The summed E-state index contributed by atoms with van der Waals surface area (Å²) in [4.78, 5) is 14.9. The van der Waals surface area contributed by atoms with Crippen molar-refractivity contribution in [3.63, 3.8) is 0 Å². The first kappa shape index (κ1) is 23.1. The van der Waals surface area contributed by atoms with Gasteiger partial charge in [-0.2, -0.15) is 10.4 Å². The first-order chi connectivity index (χ1) is 17.0. The third kappa shape index (κ3) is 4.31. The fourth-order valence-corrected chi connectivity index (χ4v) is 4.96. The van der Waals surface area contributed by atoms with Crippen LogP contribution < -0.4 is 14.4 Å². The predicted octanol–water partition coefficient (Wildman–Crippen LogP) is 5.36. The molecule has 0 amide bonds. The minimum atomic E-state index is -0.462. The molecule has 1 aliphatic rings. The van der Waals surface area contributed by atoms with Crippen LogP contribution in [0.3, 0.4) is 0 Å². The lowest BCUT2D eigenvalue weighted by atomic mass is 10.1. The maximum absolute atomic E-state index is 9.35. The molecule has 11 heteroatoms. The summed E-state index contributed by atoms with van der Waals surface area (Å²) >= 11 is 12.6. The molecular weight excluding hydrogens is 489 g/mol. The van der Waals surface area contributed by atoms with Gasteiger partial charge >= 0.3 is 0 Å². The van der Waals surface area contributed by atoms with Crippen LogP contribution in [0.5, 0.6) is 11.5 Å². The van der Waals surface area contributed by atoms with Crippen LogP contribution >= 0.6 is 23.2 Å². The Balaban J connectivity index is 1.48. The van der Waals surface area contributed by atoms with Crippen LogP contribution in [0.1, 0.15) is 31.4 Å². The van der Waals surface area contributed by atoms with Crippen LogP contribution in [0.25, 0.3) is 22.2 Å². The topological polar surface area (TPSA) is 113 Å². The Morgan fingerprint density at radius 3 is 2.57 bits per heavy atom. The number of methoxy groups -OCH3 is 1. The van der Waals surface area contributed by atoms with Crippen molar-refractivity contribution in [2.24, 2.45) is 0 Å². The molecule has 1 fully saturated rings. The Kier molecular flexibility index (Phi) is 6.32. The second-order valence-electron chi connectivity index (χ2n) is 8.15. The fourth-order valence-electron chi connectivity index (χ4n) is 4.29. The van der Waals surface area contributed by atoms with Crippen molar-refractivity contribution in [3.05, 3.63) is 52.5 Å². The molecule has 0 spiro atoms. The number of nitriles is 1. The van der Waals surface area contributed by atoms with Crippen molar-refractivity contribution in [3.8, 4) is 28.8 Å². The van der Waals surface area contributed by atoms with E-state index in [1.807, 2.05) is 24.0 Å². The Hall–Kier alpha value is -3.61. The minimum Gasteiger partial charge on any atom is -0.493 e. The molecule has 0 aliphatic carbocycles. The highest BCUT2D eigenvalue weighted by atomic mass is 35.5. The number of rotatable bonds is 6. The van der Waals surface area contributed by atoms with E-state index in [0.717, 1.165) is 35.9 Å². The number of benzene rings is 1. The molecule has 0 radical (unpaired) electrons. The minimum absolute atomic E-state index is 0.191. The molecule has 2 atom stereocenters. The van der Waals surface area contributed by atoms with Crippen LogP contribution in [-0.4, -0.2) is 44.8 Å². The number of nitrogens with one attached hydrogen (secondary N) is 1. The average molecular weight is 510 g/mol. The number of pyridine rings is 1. The summed E-state index contributed by atoms with van der Waals surface area (Å²) in [7, 11) is 1.57. The van der Waals surface area contributed by atoms with Crippen LogP contribution in [-0.2, 0) is 0 Å². The maximum Gasteiger partial charge on any atom is 0.226 e. The zero-order valence-corrected chi connectivity index (χ0v) is 20.5. The molecule has 1 aliphatic heterocycles. The molecule has 0 bridgehead atoms. The second kappa shape index (κ2) is 9.56. The van der Waals surface area contributed by atoms with Gasteiger partial charge in [0.2, 0.25) is 5.95 Å². The monoisotopic (exact) mass is 509 g/mol. The summed E-state index contributed by atoms with van der Waals surface area (Å²) in [6.45, 7) is 2.62. The smallest absolute Gasteiger partial charge is 0.226 e. The van der Waals surface area contributed by atoms with Crippen LogP contribution in [0, 0.1) is 11.3 Å². The van der Waals surface area contributed by atoms with Gasteiger partial charge in [-0.3, -0.25) is 10.1 Å². The zero-order chi connectivity index (χ0) is 24.5. The summed E-state index contributed by atoms with van der Waals surface area (Å²) in [6.07, 6.45) is 7.81. The van der Waals surface area contributed by atoms with E-state index in [0.29, 0.717) is 38.8 Å². The molecule has 5 rings (SSSR count). The Morgan fingerprint density at radius 2 is 1.89 bits per heavy atom. The summed E-state index contributed by atoms with van der Waals surface area (Å²) in [5.41, 5.74) is 2.81. The quantitative estimate of drug-likeness (QED) is 0.369. The number of anilines is 1. The van der Waals surface area contributed by atoms with E-state index in [9.17, 15) is 5.26 Å². The van der Waals surface area contributed by atoms with E-state index in [4.69, 9.17) is 32.7 Å². The van der Waals surface area contributed by atoms with Gasteiger partial charge in [0.25, 0.3) is 0 Å². The lowest BCUT2D eigenvalue weighted by Gasteiger charge is -2.19. The number of H-pyrrole nitrogens is 1. The lowest BCUT2D eigenvalue weighted by molar-refractivity contribution is 0.216. The van der Waals surface area contributed by atoms with Gasteiger partial charge in [0, 0.05) is 53.9 Å². The second-order valence-corrected chi connectivity index (χ2v) is 8.96. The maximum atomic E-state index is 9.35. The van der Waals surface area contributed by atoms with Gasteiger partial charge in [0.1, 0.15) is 17.8 Å². The summed E-state index contributed by atoms with van der Waals surface area (Å²) in [5, 5.41) is 18.5. The standard InChI is InChI=1S/C24H21Cl2N7O2/c1-13(22-17(25)11-28-12-18(22)26)35-21-6-16-19(7-20(21)34-2)31-32-23(16)14-9-29-24(30-10-14)33-5-3-4-15(33)8-27/h6-7,9-13,15H,3-5H2,1-2H3,(H,31,32)/t13?,15-/m0/s1. The largest absolute Gasteiger partial charge is 0.493 e. The number of fused-ring (bicyclic) bond motifs is 1. The van der Waals surface area contributed by atoms with Crippen molar-refractivity contribution < 1.29 is 9.47 Å². The van der Waals surface area contributed by atoms with Gasteiger partial charge in [0.15, 0.2) is 11.5 Å². The van der Waals surface area contributed by atoms with Gasteiger partial charge in [-0.15, -0.1) is 0 Å². The van der Waals surface area contributed by atoms with Crippen molar-refractivity contribution in [2.75, 3.05) is 18.6 Å². The molecule has 0 saturated carbocycles. The van der Waals surface area contributed by atoms with E-state index < -0.39 is 6.10 Å². The number of nitrogens with zero attached hydrogens (tertiary/aromatic N) is 6. The average Bonchev–Trinajstić information content (AvgIpc) is 3.50. The van der Waals surface area contributed by atoms with E-state index in [-0.39, 0.29) is 6.04 Å². The molecule has 178 valence electrons. The molecule has 1 unspecified atom stereocenters. The third-order valence-corrected chi connectivity index (χ3v) is 6.62. The third-order valence-electron chi connectivity index (χ3n) is 6.02. The van der Waals surface area contributed by atoms with Crippen molar-refractivity contribution in [1.82, 2.24) is 25.1 Å². The molecule has 4 aromatic rings. The fraction of sp³-hybridized carbons (Fsp3) is 0.292. The molecule has 9 nitrogen and oxygen atoms in total. The van der Waals surface area contributed by atoms with Crippen LogP contribution in [0.4, 0.5) is 5.95 Å². The van der Waals surface area contributed by atoms with Gasteiger partial charge < -0.3 is 14.4 Å². The van der Waals surface area contributed by atoms with Gasteiger partial charge in [-0.1, -0.05) is 23.2 Å². The van der Waals surface area contributed by atoms with E-state index in [1.54, 1.807) is 19.5 Å². The molecule has 35 heavy (non-hydrogen) atoms. The number of aromatic nitrogens is 5. The number of hydrogen-bond acceptors (Lipinski definition) is 8. The van der Waals surface area contributed by atoms with Crippen molar-refractivity contribution in [2.45, 2.75) is 31.9 Å². The first-order valence-electron chi connectivity index (χ1n) is 11.0. The first-order valence-corrected chi connectivity index (χ1v) is 11.8. The number of halogens is 2. The molecule has 4 heterocycles. The summed E-state index contributed by atoms with van der Waals surface area (Å²) in [6, 6.07) is 5.80. The highest BCUT2D eigenvalue weighted by Crippen LogP contribution is 2.40. The lowest BCUT2D eigenvalue weighted by Crippen LogP contribution is -2.29. The normalized spacial score (nSPS) is 16.3. The Morgan fingerprint density at radius 1 is 1.14 bits per heavy atom. The number of hydrogen-bond donors (Lipinski definition) is 1. The molecule has 3 aromatic heterocycles. The SMILES string of the molecule is COc1cc2[nH]nc(-c3cnc(N4CCC[C@H]4C#N)nc3)c2cc1OC(C)c1c(Cl)cncc1Cl. The molecule has 1 N–H and O–H groups in total. The van der Waals surface area contributed by atoms with Crippen molar-refractivity contribution >= 4 is 40.1 Å². The van der Waals surface area contributed by atoms with Crippen LogP contribution in [0.15, 0.2) is 36.9 Å². The van der Waals surface area contributed by atoms with Gasteiger partial charge in [0.05, 0.1) is 28.7 Å². The predicted molar refractivity (Wildman–Crippen MR) is 133 cm³/mol. The van der Waals surface area contributed by atoms with Gasteiger partial charge in [-0.05, 0) is 25.8 Å². The van der Waals surface area contributed by atoms with Crippen molar-refractivity contribution in [1.29, 1.82) is 5.26 Å². The van der Waals surface area contributed by atoms with E-state index in [1.165, 1.54) is 12.4 Å². The molecule has 1 saturated heterocycles. The zero-order valence-electron chi connectivity index (χ0n) is 19.0. The highest BCUT2D eigenvalue weighted by Gasteiger charge is 2.26. The van der Waals surface area contributed by atoms with Gasteiger partial charge in [-0.25, -0.2) is 9.97 Å². The number of ether oxygens (including phenoxy) is 2. The van der Waals surface area contributed by atoms with Crippen LogP contribution in [0.2, 0.25) is 10.0 Å². The Labute approximate surface area is 211 Å². The molecule has 1 aromatic carbocycles. The number of aromatic amines is 1. The summed E-state index contributed by atoms with van der Waals surface area (Å²) in [5.74, 6) is 1.58. The Bertz CT molecular complexity index is 1400.